The van der Waals surface area contributed by atoms with Gasteiger partial charge in [0, 0.05) is 5.48 Å². The van der Waals surface area contributed by atoms with E-state index in [0.717, 1.165) is 42.9 Å². The van der Waals surface area contributed by atoms with E-state index in [-0.39, 0.29) is 45.3 Å². The SMILES string of the molecule is CC1C(C)(C)CC(C(F)(F)F)(C(F)(F)F)CC1(C)C.CC1C(C)(C)CC(C)(C)CC1(C)C.CC1C(C)(C)CC2(CCCC2)CC1(C)C.[2H]C1(C)C(C)(C)CC(C(F)(F)F)(C(F)(F)F)CC1(C)C.[2H]C1(C)C(C)(C)CC(C)(C)CC1(C)C.[2H]C1(C)C(C)(C)CC2(CCCC2)CC1(C)C.[2H]C1(C)CCC2(CCCCC2)CC1. The van der Waals surface area contributed by atoms with E-state index in [1.807, 2.05) is 0 Å². The van der Waals surface area contributed by atoms with Crippen LogP contribution in [-0.4, -0.2) is 24.7 Å². The Hall–Kier alpha value is -0.840. The maximum absolute atomic E-state index is 13.2. The molecule has 0 bridgehead atoms. The monoisotopic (exact) mass is 1530 g/mol. The van der Waals surface area contributed by atoms with Gasteiger partial charge >= 0.3 is 24.7 Å². The molecule has 0 saturated heterocycles. The minimum absolute atomic E-state index is 0.0945. The van der Waals surface area contributed by atoms with Crippen molar-refractivity contribution in [2.24, 2.45) is 144 Å². The molecule has 10 saturated carbocycles. The van der Waals surface area contributed by atoms with Gasteiger partial charge in [0.05, 0.1) is 0 Å². The molecular formula is C94H170F12. The van der Waals surface area contributed by atoms with Crippen LogP contribution in [0.3, 0.4) is 0 Å². The highest BCUT2D eigenvalue weighted by molar-refractivity contribution is 5.10. The first kappa shape index (κ1) is 90.7. The third kappa shape index (κ3) is 22.4. The standard InChI is InChI=1S/2C15H28.2C13H20F6.2C13H26.C12H22/c2*1-12-13(2,3)10-15(8-6-7-9-15)11-14(12,4)5;2*1-8-9(2,3)6-11(12(14,15)16,13(17,18)19)7-10(8,4)5;2*1-10-12(4,5)8-11(2,3)9-13(10,6)7;1-11-5-9-12(10-6-11)7-3-2-4-8-12/h2*12H,6-11H2,1-5H3;2*8H,6-7H2,1-5H3;2*10H,8-9H2,1-7H3;11H,2-10H2,1H3/i12D;;8D;;10D;;11D. The summed E-state index contributed by atoms with van der Waals surface area (Å²) in [4.78, 5) is 0. The van der Waals surface area contributed by atoms with Gasteiger partial charge in [0.25, 0.3) is 0 Å². The van der Waals surface area contributed by atoms with E-state index in [4.69, 9.17) is 5.48 Å². The number of halogens is 12. The highest BCUT2D eigenvalue weighted by atomic mass is 19.4. The minimum Gasteiger partial charge on any atom is -0.170 e. The highest BCUT2D eigenvalue weighted by Gasteiger charge is 2.76. The van der Waals surface area contributed by atoms with Gasteiger partial charge in [0.15, 0.2) is 10.8 Å². The Morgan fingerprint density at radius 3 is 0.632 bits per heavy atom. The molecule has 3 spiro atoms. The normalized spacial score (nSPS) is 32.2. The van der Waals surface area contributed by atoms with Crippen LogP contribution in [0.2, 0.25) is 0 Å². The molecule has 0 heterocycles. The van der Waals surface area contributed by atoms with Gasteiger partial charge < -0.3 is 0 Å². The maximum atomic E-state index is 13.2. The summed E-state index contributed by atoms with van der Waals surface area (Å²) in [6.45, 7) is 73.2. The van der Waals surface area contributed by atoms with Crippen LogP contribution in [0.5, 0.6) is 0 Å². The lowest BCUT2D eigenvalue weighted by Gasteiger charge is -2.56. The molecule has 10 aliphatic rings. The summed E-state index contributed by atoms with van der Waals surface area (Å²) in [6.07, 6.45) is 9.09. The number of hydrogen-bond acceptors (Lipinski definition) is 0. The van der Waals surface area contributed by atoms with Crippen LogP contribution in [0.15, 0.2) is 0 Å². The lowest BCUT2D eigenvalue weighted by molar-refractivity contribution is -0.371. The molecule has 630 valence electrons. The third-order valence-corrected chi connectivity index (χ3v) is 32.7. The quantitative estimate of drug-likeness (QED) is 0.212. The lowest BCUT2D eigenvalue weighted by Crippen LogP contribution is -2.60. The van der Waals surface area contributed by atoms with Gasteiger partial charge in [-0.1, -0.05) is 300 Å². The fraction of sp³-hybridized carbons (Fsp3) is 1.00. The molecular weight excluding hydrogens is 1360 g/mol. The van der Waals surface area contributed by atoms with Crippen molar-refractivity contribution in [1.82, 2.24) is 0 Å². The molecule has 0 atom stereocenters. The molecule has 0 amide bonds. The summed E-state index contributed by atoms with van der Waals surface area (Å²) in [6, 6.07) is 0. The summed E-state index contributed by atoms with van der Waals surface area (Å²) >= 11 is 0. The van der Waals surface area contributed by atoms with E-state index in [1.54, 1.807) is 6.92 Å². The molecule has 0 unspecified atom stereocenters. The second kappa shape index (κ2) is 31.6. The summed E-state index contributed by atoms with van der Waals surface area (Å²) < 4.78 is 192. The van der Waals surface area contributed by atoms with Crippen LogP contribution in [0.25, 0.3) is 0 Å². The molecule has 10 aliphatic carbocycles. The Balaban J connectivity index is 0.000000272. The van der Waals surface area contributed by atoms with Gasteiger partial charge in [-0.3, -0.25) is 0 Å². The predicted molar refractivity (Wildman–Crippen MR) is 427 cm³/mol. The Bertz CT molecular complexity index is 2830. The van der Waals surface area contributed by atoms with Crippen molar-refractivity contribution >= 4 is 0 Å². The van der Waals surface area contributed by atoms with Gasteiger partial charge in [0.2, 0.25) is 0 Å². The van der Waals surface area contributed by atoms with Gasteiger partial charge in [-0.05, 0) is 262 Å². The highest BCUT2D eigenvalue weighted by Crippen LogP contribution is 2.71. The van der Waals surface area contributed by atoms with Crippen molar-refractivity contribution in [2.45, 2.75) is 453 Å². The predicted octanol–water partition coefficient (Wildman–Crippen LogP) is 34.4. The van der Waals surface area contributed by atoms with E-state index in [0.29, 0.717) is 43.3 Å². The molecule has 0 aromatic carbocycles. The average molecular weight is 1530 g/mol. The van der Waals surface area contributed by atoms with Gasteiger partial charge in [-0.2, -0.15) is 52.7 Å². The molecule has 0 nitrogen and oxygen atoms in total. The van der Waals surface area contributed by atoms with Crippen LogP contribution < -0.4 is 0 Å². The largest absolute Gasteiger partial charge is 0.403 e. The molecule has 0 aliphatic heterocycles. The second-order valence-corrected chi connectivity index (χ2v) is 48.3. The van der Waals surface area contributed by atoms with Crippen LogP contribution >= 0.6 is 0 Å². The Morgan fingerprint density at radius 1 is 0.217 bits per heavy atom. The fourth-order valence-corrected chi connectivity index (χ4v) is 26.8. The Morgan fingerprint density at radius 2 is 0.387 bits per heavy atom. The minimum atomic E-state index is -5.38. The van der Waals surface area contributed by atoms with Crippen molar-refractivity contribution in [3.63, 3.8) is 0 Å². The topological polar surface area (TPSA) is 0 Å². The number of rotatable bonds is 0. The average Bonchev–Trinajstić information content (AvgIpc) is 0.905. The molecule has 10 fully saturated rings. The first-order valence-corrected chi connectivity index (χ1v) is 42.3. The smallest absolute Gasteiger partial charge is 0.170 e. The van der Waals surface area contributed by atoms with Gasteiger partial charge in [0.1, 0.15) is 0 Å². The second-order valence-electron chi connectivity index (χ2n) is 48.3. The Kier molecular flexibility index (Phi) is 27.1. The summed E-state index contributed by atoms with van der Waals surface area (Å²) in [5.74, 6) is -0.645. The van der Waals surface area contributed by atoms with Crippen molar-refractivity contribution < 1.29 is 58.2 Å². The Labute approximate surface area is 652 Å². The molecule has 106 heavy (non-hydrogen) atoms. The van der Waals surface area contributed by atoms with E-state index < -0.39 is 88.8 Å². The first-order chi connectivity index (χ1) is 48.0. The zero-order valence-corrected chi connectivity index (χ0v) is 75.3. The molecule has 0 N–H and O–H groups in total. The van der Waals surface area contributed by atoms with Crippen molar-refractivity contribution in [2.75, 3.05) is 0 Å². The van der Waals surface area contributed by atoms with Gasteiger partial charge in [-0.25, -0.2) is 0 Å². The zero-order valence-electron chi connectivity index (χ0n) is 79.3. The van der Waals surface area contributed by atoms with E-state index >= 15 is 0 Å². The van der Waals surface area contributed by atoms with Crippen molar-refractivity contribution in [1.29, 1.82) is 0 Å². The van der Waals surface area contributed by atoms with Crippen molar-refractivity contribution in [3.05, 3.63) is 0 Å². The number of hydrogen-bond donors (Lipinski definition) is 0. The van der Waals surface area contributed by atoms with Crippen LogP contribution in [-0.2, 0) is 0 Å². The van der Waals surface area contributed by atoms with Crippen LogP contribution in [0.4, 0.5) is 52.7 Å². The fourth-order valence-electron chi connectivity index (χ4n) is 26.8. The molecule has 12 heteroatoms. The zero-order chi connectivity index (χ0) is 86.7. The molecule has 0 aromatic rings. The van der Waals surface area contributed by atoms with E-state index in [2.05, 4.69) is 173 Å². The summed E-state index contributed by atoms with van der Waals surface area (Å²) in [5, 5.41) is 0. The molecule has 0 radical (unpaired) electrons. The van der Waals surface area contributed by atoms with Crippen molar-refractivity contribution in [3.8, 4) is 0 Å². The molecule has 0 aromatic heterocycles. The number of alkyl halides is 12. The maximum Gasteiger partial charge on any atom is 0.403 e. The van der Waals surface area contributed by atoms with Crippen LogP contribution in [0.1, 0.15) is 434 Å². The first-order valence-electron chi connectivity index (χ1n) is 44.3. The summed E-state index contributed by atoms with van der Waals surface area (Å²) in [5.41, 5.74) is -6.69. The molecule has 10 rings (SSSR count). The van der Waals surface area contributed by atoms with Crippen LogP contribution in [0, 0.1) is 144 Å². The third-order valence-electron chi connectivity index (χ3n) is 32.7. The van der Waals surface area contributed by atoms with E-state index in [9.17, 15) is 52.7 Å². The van der Waals surface area contributed by atoms with E-state index in [1.165, 1.54) is 197 Å². The lowest BCUT2D eigenvalue weighted by atomic mass is 9.49. The summed E-state index contributed by atoms with van der Waals surface area (Å²) in [7, 11) is 0. The van der Waals surface area contributed by atoms with Gasteiger partial charge in [-0.15, -0.1) is 0 Å².